The lowest BCUT2D eigenvalue weighted by Gasteiger charge is -2.01. The fourth-order valence-corrected chi connectivity index (χ4v) is 1.47. The van der Waals surface area contributed by atoms with E-state index in [2.05, 4.69) is 11.4 Å². The smallest absolute Gasteiger partial charge is 0.145 e. The molecule has 0 fully saturated rings. The summed E-state index contributed by atoms with van der Waals surface area (Å²) in [5, 5.41) is 3.68. The predicted molar refractivity (Wildman–Crippen MR) is 70.7 cm³/mol. The zero-order chi connectivity index (χ0) is 13.5. The van der Waals surface area contributed by atoms with Gasteiger partial charge in [-0.1, -0.05) is 23.4 Å². The molecule has 2 rings (SSSR count). The molecule has 0 aromatic heterocycles. The monoisotopic (exact) mass is 258 g/mol. The van der Waals surface area contributed by atoms with Crippen LogP contribution in [0.15, 0.2) is 53.7 Å². The van der Waals surface area contributed by atoms with Crippen molar-refractivity contribution in [3.63, 3.8) is 0 Å². The molecular weight excluding hydrogens is 245 g/mol. The molecule has 0 N–H and O–H groups in total. The van der Waals surface area contributed by atoms with Gasteiger partial charge in [0.1, 0.15) is 24.4 Å². The number of hydrogen-bond donors (Lipinski definition) is 0. The molecule has 0 spiro atoms. The molecule has 3 nitrogen and oxygen atoms in total. The molecule has 0 saturated carbocycles. The van der Waals surface area contributed by atoms with Crippen molar-refractivity contribution in [2.24, 2.45) is 5.16 Å². The van der Waals surface area contributed by atoms with Gasteiger partial charge in [0.25, 0.3) is 0 Å². The van der Waals surface area contributed by atoms with Crippen LogP contribution in [0.25, 0.3) is 0 Å². The minimum atomic E-state index is -0.304. The van der Waals surface area contributed by atoms with Gasteiger partial charge >= 0.3 is 0 Å². The summed E-state index contributed by atoms with van der Waals surface area (Å²) in [6, 6.07) is 13.6. The lowest BCUT2D eigenvalue weighted by Crippen LogP contribution is -1.92. The van der Waals surface area contributed by atoms with Crippen LogP contribution in [0.2, 0.25) is 0 Å². The molecule has 2 aromatic carbocycles. The summed E-state index contributed by atoms with van der Waals surface area (Å²) < 4.78 is 18.3. The van der Waals surface area contributed by atoms with E-state index in [1.165, 1.54) is 6.07 Å². The lowest BCUT2D eigenvalue weighted by atomic mass is 10.2. The normalized spacial score (nSPS) is 10.6. The van der Waals surface area contributed by atoms with E-state index < -0.39 is 0 Å². The first-order chi connectivity index (χ1) is 9.29. The third-order valence-electron chi connectivity index (χ3n) is 2.51. The first kappa shape index (κ1) is 13.1. The fraction of sp³-hybridized carbons (Fsp3) is 0.133. The summed E-state index contributed by atoms with van der Waals surface area (Å²) in [4.78, 5) is 5.00. The van der Waals surface area contributed by atoms with Crippen molar-refractivity contribution in [2.45, 2.75) is 6.61 Å². The van der Waals surface area contributed by atoms with Crippen molar-refractivity contribution in [3.8, 4) is 5.75 Å². The Hall–Kier alpha value is -2.36. The molecule has 97 valence electrons. The highest BCUT2D eigenvalue weighted by atomic mass is 19.1. The molecule has 19 heavy (non-hydrogen) atoms. The second-order valence-electron chi connectivity index (χ2n) is 3.80. The highest BCUT2D eigenvalue weighted by Gasteiger charge is 1.99. The Kier molecular flexibility index (Phi) is 4.50. The molecule has 4 heteroatoms. The Morgan fingerprint density at radius 1 is 1.11 bits per heavy atom. The van der Waals surface area contributed by atoms with Crippen LogP contribution in [0, 0.1) is 5.82 Å². The maximum Gasteiger partial charge on any atom is 0.145 e. The lowest BCUT2D eigenvalue weighted by molar-refractivity contribution is 0.129. The summed E-state index contributed by atoms with van der Waals surface area (Å²) >= 11 is 0. The molecule has 0 aliphatic carbocycles. The number of ether oxygens (including phenoxy) is 1. The molecule has 0 heterocycles. The maximum absolute atomic E-state index is 13.3. The molecule has 0 unspecified atom stereocenters. The van der Waals surface area contributed by atoms with E-state index in [9.17, 15) is 4.39 Å². The predicted octanol–water partition coefficient (Wildman–Crippen LogP) is 3.26. The highest BCUT2D eigenvalue weighted by Crippen LogP contribution is 2.10. The summed E-state index contributed by atoms with van der Waals surface area (Å²) in [6.07, 6.45) is 2.71. The van der Waals surface area contributed by atoms with Crippen LogP contribution in [0.3, 0.4) is 0 Å². The van der Waals surface area contributed by atoms with Crippen molar-refractivity contribution in [2.75, 3.05) is 7.11 Å². The van der Waals surface area contributed by atoms with Gasteiger partial charge in [0, 0.05) is 11.1 Å². The van der Waals surface area contributed by atoms with Gasteiger partial charge in [-0.15, -0.1) is 0 Å². The molecule has 0 aliphatic heterocycles. The van der Waals surface area contributed by atoms with Gasteiger partial charge in [0.05, 0.1) is 7.11 Å². The van der Waals surface area contributed by atoms with E-state index in [4.69, 9.17) is 9.57 Å². The van der Waals surface area contributed by atoms with Crippen LogP contribution in [0.5, 0.6) is 5.75 Å². The van der Waals surface area contributed by atoms with Crippen molar-refractivity contribution < 1.29 is 14.0 Å². The van der Waals surface area contributed by atoms with Crippen LogP contribution < -0.4 is 4.74 Å². The van der Waals surface area contributed by atoms with Crippen LogP contribution in [0.4, 0.5) is 4.39 Å². The highest BCUT2D eigenvalue weighted by molar-refractivity contribution is 5.79. The summed E-state index contributed by atoms with van der Waals surface area (Å²) in [5.41, 5.74) is 1.22. The minimum Gasteiger partial charge on any atom is -0.497 e. The summed E-state index contributed by atoms with van der Waals surface area (Å²) in [7, 11) is 1.60. The van der Waals surface area contributed by atoms with E-state index in [1.54, 1.807) is 49.6 Å². The van der Waals surface area contributed by atoms with Gasteiger partial charge in [-0.3, -0.25) is 0 Å². The zero-order valence-corrected chi connectivity index (χ0v) is 10.5. The Morgan fingerprint density at radius 3 is 2.53 bits per heavy atom. The second-order valence-corrected chi connectivity index (χ2v) is 3.80. The first-order valence-corrected chi connectivity index (χ1v) is 5.75. The molecule has 2 aromatic rings. The Balaban J connectivity index is 1.88. The van der Waals surface area contributed by atoms with Gasteiger partial charge in [-0.2, -0.15) is 0 Å². The fourth-order valence-electron chi connectivity index (χ4n) is 1.47. The summed E-state index contributed by atoms with van der Waals surface area (Å²) in [5.74, 6) is 0.458. The van der Waals surface area contributed by atoms with E-state index >= 15 is 0 Å². The quantitative estimate of drug-likeness (QED) is 0.608. The minimum absolute atomic E-state index is 0.0792. The van der Waals surface area contributed by atoms with Crippen molar-refractivity contribution >= 4 is 6.21 Å². The molecular formula is C15H13FNO2. The Bertz CT molecular complexity index is 552. The number of halogens is 1. The van der Waals surface area contributed by atoms with Crippen molar-refractivity contribution in [1.29, 1.82) is 0 Å². The molecule has 0 amide bonds. The van der Waals surface area contributed by atoms with E-state index in [0.29, 0.717) is 5.56 Å². The average Bonchev–Trinajstić information content (AvgIpc) is 2.46. The van der Waals surface area contributed by atoms with E-state index in [1.807, 2.05) is 0 Å². The van der Waals surface area contributed by atoms with Crippen LogP contribution in [-0.4, -0.2) is 13.3 Å². The van der Waals surface area contributed by atoms with Crippen molar-refractivity contribution in [3.05, 3.63) is 65.5 Å². The number of nitrogens with zero attached hydrogens (tertiary/aromatic N) is 1. The van der Waals surface area contributed by atoms with E-state index in [-0.39, 0.29) is 12.4 Å². The molecule has 0 aliphatic rings. The Labute approximate surface area is 111 Å². The van der Waals surface area contributed by atoms with Gasteiger partial charge < -0.3 is 9.57 Å². The van der Waals surface area contributed by atoms with Gasteiger partial charge in [-0.05, 0) is 30.3 Å². The third-order valence-corrected chi connectivity index (χ3v) is 2.51. The number of hydrogen-bond acceptors (Lipinski definition) is 3. The Morgan fingerprint density at radius 2 is 1.84 bits per heavy atom. The largest absolute Gasteiger partial charge is 0.497 e. The van der Waals surface area contributed by atoms with Crippen molar-refractivity contribution in [1.82, 2.24) is 0 Å². The SMILES string of the molecule is COc1ccc(/[C]=N\OCc2ccccc2F)cc1. The van der Waals surface area contributed by atoms with Gasteiger partial charge in [0.15, 0.2) is 0 Å². The first-order valence-electron chi connectivity index (χ1n) is 5.75. The second kappa shape index (κ2) is 6.54. The zero-order valence-electron chi connectivity index (χ0n) is 10.5. The van der Waals surface area contributed by atoms with E-state index in [0.717, 1.165) is 11.3 Å². The molecule has 0 saturated heterocycles. The van der Waals surface area contributed by atoms with Gasteiger partial charge in [0.2, 0.25) is 0 Å². The molecule has 0 bridgehead atoms. The molecule has 1 radical (unpaired) electrons. The topological polar surface area (TPSA) is 30.8 Å². The third kappa shape index (κ3) is 3.81. The molecule has 0 atom stereocenters. The summed E-state index contributed by atoms with van der Waals surface area (Å²) in [6.45, 7) is 0.0792. The van der Waals surface area contributed by atoms with Gasteiger partial charge in [-0.25, -0.2) is 4.39 Å². The standard InChI is InChI=1S/C15H13FNO2/c1-18-14-8-6-12(7-9-14)10-17-19-11-13-4-2-3-5-15(13)16/h2-9H,11H2,1H3. The maximum atomic E-state index is 13.3. The number of benzene rings is 2. The number of methoxy groups -OCH3 is 1. The van der Waals surface area contributed by atoms with Crippen LogP contribution >= 0.6 is 0 Å². The van der Waals surface area contributed by atoms with Crippen LogP contribution in [0.1, 0.15) is 11.1 Å². The average molecular weight is 258 g/mol. The van der Waals surface area contributed by atoms with Crippen LogP contribution in [-0.2, 0) is 11.4 Å². The number of rotatable bonds is 5.